The molecule has 2 heteroatoms. The van der Waals surface area contributed by atoms with Crippen LogP contribution in [0.1, 0.15) is 262 Å². The third kappa shape index (κ3) is 23.7. The lowest BCUT2D eigenvalue weighted by atomic mass is 9.78. The fourth-order valence-electron chi connectivity index (χ4n) is 11.6. The number of aromatic nitrogens is 2. The van der Waals surface area contributed by atoms with Crippen molar-refractivity contribution in [1.29, 1.82) is 0 Å². The molecule has 4 aromatic rings. The summed E-state index contributed by atoms with van der Waals surface area (Å²) in [4.78, 5) is 9.62. The van der Waals surface area contributed by atoms with Gasteiger partial charge in [0, 0.05) is 23.5 Å². The van der Waals surface area contributed by atoms with E-state index in [1.54, 1.807) is 0 Å². The molecule has 0 amide bonds. The number of unbranched alkanes of at least 4 members (excludes halogenated alkanes) is 17. The molecule has 0 N–H and O–H groups in total. The van der Waals surface area contributed by atoms with Gasteiger partial charge in [0.25, 0.3) is 0 Å². The molecule has 6 rings (SSSR count). The van der Waals surface area contributed by atoms with Crippen LogP contribution in [0.2, 0.25) is 0 Å². The maximum atomic E-state index is 4.81. The standard InChI is InChI=1S/C34H53N.C33H51N/c1-3-5-7-9-11-13-15-30-22-25-33(26-23-30)34-27-24-32(28-35-34)21-20-31-18-16-29(17-19-31)14-12-10-8-6-4-2;1-3-5-7-9-11-13-28-15-17-30(18-16-28)19-20-31-23-26-33(34-27-31)32-24-21-29(22-25-32)14-12-10-8-6-4-2/h22-29,31H,3-21H2,1-2H3;21-28,30H,3-20H2,1-2H3. The molecule has 2 aliphatic carbocycles. The van der Waals surface area contributed by atoms with Crippen LogP contribution in [-0.2, 0) is 25.7 Å². The van der Waals surface area contributed by atoms with E-state index in [-0.39, 0.29) is 0 Å². The Morgan fingerprint density at radius 3 is 0.899 bits per heavy atom. The molecule has 0 saturated heterocycles. The lowest BCUT2D eigenvalue weighted by Crippen LogP contribution is -2.15. The predicted molar refractivity (Wildman–Crippen MR) is 303 cm³/mol. The summed E-state index contributed by atoms with van der Waals surface area (Å²) in [5.41, 5.74) is 10.5. The predicted octanol–water partition coefficient (Wildman–Crippen LogP) is 21.1. The summed E-state index contributed by atoms with van der Waals surface area (Å²) in [5.74, 6) is 3.91. The van der Waals surface area contributed by atoms with Crippen LogP contribution in [0.4, 0.5) is 0 Å². The number of benzene rings is 2. The van der Waals surface area contributed by atoms with Crippen LogP contribution in [-0.4, -0.2) is 9.97 Å². The molecule has 69 heavy (non-hydrogen) atoms. The third-order valence-corrected chi connectivity index (χ3v) is 16.6. The topological polar surface area (TPSA) is 25.8 Å². The highest BCUT2D eigenvalue weighted by Crippen LogP contribution is 2.36. The molecular formula is C67H104N2. The Balaban J connectivity index is 0.000000258. The monoisotopic (exact) mass is 937 g/mol. The van der Waals surface area contributed by atoms with Crippen molar-refractivity contribution in [3.05, 3.63) is 107 Å². The Hall–Kier alpha value is -3.26. The molecular weight excluding hydrogens is 833 g/mol. The SMILES string of the molecule is CCCCCCCCc1ccc(-c2ccc(CCC3CCC(CCCCCCC)CC3)cn2)cc1.CCCCCCCc1ccc(-c2ccc(CCC3CCC(CCCCCCC)CC3)cn2)cc1. The van der Waals surface area contributed by atoms with E-state index in [0.717, 1.165) is 35.1 Å². The van der Waals surface area contributed by atoms with Crippen LogP contribution in [0.15, 0.2) is 85.2 Å². The van der Waals surface area contributed by atoms with Crippen molar-refractivity contribution < 1.29 is 0 Å². The summed E-state index contributed by atoms with van der Waals surface area (Å²) in [7, 11) is 0. The van der Waals surface area contributed by atoms with Gasteiger partial charge in [0.05, 0.1) is 11.4 Å². The molecule has 0 atom stereocenters. The van der Waals surface area contributed by atoms with Gasteiger partial charge in [-0.15, -0.1) is 0 Å². The summed E-state index contributed by atoms with van der Waals surface area (Å²) < 4.78 is 0. The van der Waals surface area contributed by atoms with Gasteiger partial charge in [-0.05, 0) is 109 Å². The highest BCUT2D eigenvalue weighted by Gasteiger charge is 2.22. The zero-order chi connectivity index (χ0) is 48.4. The number of hydrogen-bond donors (Lipinski definition) is 0. The molecule has 2 aliphatic rings. The Morgan fingerprint density at radius 2 is 0.580 bits per heavy atom. The van der Waals surface area contributed by atoms with Crippen molar-refractivity contribution in [2.75, 3.05) is 0 Å². The number of nitrogens with zero attached hydrogens (tertiary/aromatic N) is 2. The van der Waals surface area contributed by atoms with Crippen LogP contribution in [0.3, 0.4) is 0 Å². The molecule has 0 spiro atoms. The van der Waals surface area contributed by atoms with Gasteiger partial charge in [-0.2, -0.15) is 0 Å². The molecule has 2 aromatic heterocycles. The van der Waals surface area contributed by atoms with E-state index < -0.39 is 0 Å². The first kappa shape index (κ1) is 56.7. The number of rotatable bonds is 33. The van der Waals surface area contributed by atoms with E-state index in [4.69, 9.17) is 9.97 Å². The Morgan fingerprint density at radius 1 is 0.290 bits per heavy atom. The molecule has 0 radical (unpaired) electrons. The van der Waals surface area contributed by atoms with E-state index >= 15 is 0 Å². The third-order valence-electron chi connectivity index (χ3n) is 16.6. The quantitative estimate of drug-likeness (QED) is 0.0445. The lowest BCUT2D eigenvalue weighted by molar-refractivity contribution is 0.248. The van der Waals surface area contributed by atoms with Crippen molar-refractivity contribution in [1.82, 2.24) is 9.97 Å². The van der Waals surface area contributed by atoms with Gasteiger partial charge in [0.15, 0.2) is 0 Å². The molecule has 0 aliphatic heterocycles. The molecule has 2 heterocycles. The average molecular weight is 938 g/mol. The van der Waals surface area contributed by atoms with Crippen LogP contribution < -0.4 is 0 Å². The zero-order valence-corrected chi connectivity index (χ0v) is 45.4. The Labute approximate surface area is 426 Å². The highest BCUT2D eigenvalue weighted by molar-refractivity contribution is 5.60. The molecule has 2 nitrogen and oxygen atoms in total. The maximum Gasteiger partial charge on any atom is 0.0702 e. The second-order valence-corrected chi connectivity index (χ2v) is 22.4. The van der Waals surface area contributed by atoms with Gasteiger partial charge in [0.2, 0.25) is 0 Å². The number of hydrogen-bond acceptors (Lipinski definition) is 2. The molecule has 382 valence electrons. The molecule has 0 unspecified atom stereocenters. The van der Waals surface area contributed by atoms with E-state index in [1.807, 2.05) is 0 Å². The highest BCUT2D eigenvalue weighted by atomic mass is 14.7. The van der Waals surface area contributed by atoms with E-state index in [0.29, 0.717) is 0 Å². The Bertz CT molecular complexity index is 1790. The van der Waals surface area contributed by atoms with Crippen molar-refractivity contribution in [2.24, 2.45) is 23.7 Å². The van der Waals surface area contributed by atoms with Crippen molar-refractivity contribution in [2.45, 2.75) is 265 Å². The fourth-order valence-corrected chi connectivity index (χ4v) is 11.6. The van der Waals surface area contributed by atoms with Gasteiger partial charge in [-0.3, -0.25) is 9.97 Å². The summed E-state index contributed by atoms with van der Waals surface area (Å²) in [6.45, 7) is 9.18. The fraction of sp³-hybridized carbons (Fsp3) is 0.672. The second-order valence-electron chi connectivity index (χ2n) is 22.4. The first-order valence-corrected chi connectivity index (χ1v) is 30.1. The van der Waals surface area contributed by atoms with Gasteiger partial charge >= 0.3 is 0 Å². The van der Waals surface area contributed by atoms with Crippen LogP contribution in [0.25, 0.3) is 22.5 Å². The number of aryl methyl sites for hydroxylation is 4. The first-order valence-electron chi connectivity index (χ1n) is 30.1. The second kappa shape index (κ2) is 35.8. The molecule has 2 fully saturated rings. The van der Waals surface area contributed by atoms with E-state index in [9.17, 15) is 0 Å². The largest absolute Gasteiger partial charge is 0.256 e. The summed E-state index contributed by atoms with van der Waals surface area (Å²) in [6.07, 6.45) is 55.7. The van der Waals surface area contributed by atoms with Crippen molar-refractivity contribution in [3.8, 4) is 22.5 Å². The molecule has 0 bridgehead atoms. The maximum absolute atomic E-state index is 4.81. The molecule has 2 saturated carbocycles. The average Bonchev–Trinajstić information content (AvgIpc) is 3.40. The van der Waals surface area contributed by atoms with Gasteiger partial charge in [0.1, 0.15) is 0 Å². The van der Waals surface area contributed by atoms with Crippen LogP contribution >= 0.6 is 0 Å². The Kier molecular flexibility index (Phi) is 29.4. The van der Waals surface area contributed by atoms with E-state index in [1.165, 1.54) is 271 Å². The van der Waals surface area contributed by atoms with Crippen LogP contribution in [0.5, 0.6) is 0 Å². The minimum Gasteiger partial charge on any atom is -0.256 e. The zero-order valence-electron chi connectivity index (χ0n) is 45.4. The van der Waals surface area contributed by atoms with Crippen molar-refractivity contribution in [3.63, 3.8) is 0 Å². The van der Waals surface area contributed by atoms with E-state index in [2.05, 4.69) is 113 Å². The van der Waals surface area contributed by atoms with Crippen LogP contribution in [0, 0.1) is 23.7 Å². The smallest absolute Gasteiger partial charge is 0.0702 e. The lowest BCUT2D eigenvalue weighted by Gasteiger charge is -2.28. The minimum absolute atomic E-state index is 0.935. The first-order chi connectivity index (χ1) is 34.1. The molecule has 2 aromatic carbocycles. The number of pyridine rings is 2. The normalized spacial score (nSPS) is 18.2. The summed E-state index contributed by atoms with van der Waals surface area (Å²) >= 11 is 0. The summed E-state index contributed by atoms with van der Waals surface area (Å²) in [5, 5.41) is 0. The van der Waals surface area contributed by atoms with Gasteiger partial charge in [-0.1, -0.05) is 275 Å². The van der Waals surface area contributed by atoms with Crippen molar-refractivity contribution >= 4 is 0 Å². The minimum atomic E-state index is 0.935. The van der Waals surface area contributed by atoms with Gasteiger partial charge < -0.3 is 0 Å². The van der Waals surface area contributed by atoms with Gasteiger partial charge in [-0.25, -0.2) is 0 Å². The summed E-state index contributed by atoms with van der Waals surface area (Å²) in [6, 6.07) is 27.3.